The van der Waals surface area contributed by atoms with Gasteiger partial charge in [-0.25, -0.2) is 0 Å². The predicted octanol–water partition coefficient (Wildman–Crippen LogP) is 2.57. The number of carbonyl (C=O) groups is 2. The van der Waals surface area contributed by atoms with Crippen LogP contribution in [0.3, 0.4) is 0 Å². The van der Waals surface area contributed by atoms with Crippen molar-refractivity contribution >= 4 is 29.0 Å². The van der Waals surface area contributed by atoms with Crippen LogP contribution < -0.4 is 15.1 Å². The SMILES string of the molecule is CC(=O)N(CC(=O)Nc1ccc(N2CCCC2)cc1)c1cc(C)on1. The molecule has 132 valence electrons. The molecule has 1 fully saturated rings. The highest BCUT2D eigenvalue weighted by molar-refractivity contribution is 6.01. The van der Waals surface area contributed by atoms with Gasteiger partial charge < -0.3 is 14.7 Å². The Morgan fingerprint density at radius 1 is 1.24 bits per heavy atom. The van der Waals surface area contributed by atoms with Crippen molar-refractivity contribution in [1.29, 1.82) is 0 Å². The Morgan fingerprint density at radius 3 is 2.48 bits per heavy atom. The van der Waals surface area contributed by atoms with Crippen LogP contribution in [0.4, 0.5) is 17.2 Å². The first-order chi connectivity index (χ1) is 12.0. The molecule has 1 aromatic carbocycles. The predicted molar refractivity (Wildman–Crippen MR) is 95.8 cm³/mol. The van der Waals surface area contributed by atoms with Crippen LogP contribution in [-0.2, 0) is 9.59 Å². The lowest BCUT2D eigenvalue weighted by Gasteiger charge is -2.19. The van der Waals surface area contributed by atoms with Crippen LogP contribution in [0.1, 0.15) is 25.5 Å². The van der Waals surface area contributed by atoms with E-state index in [1.807, 2.05) is 24.3 Å². The van der Waals surface area contributed by atoms with E-state index in [0.717, 1.165) is 13.1 Å². The van der Waals surface area contributed by atoms with Gasteiger partial charge in [0.1, 0.15) is 12.3 Å². The summed E-state index contributed by atoms with van der Waals surface area (Å²) in [4.78, 5) is 27.7. The fourth-order valence-corrected chi connectivity index (χ4v) is 2.91. The van der Waals surface area contributed by atoms with Gasteiger partial charge in [-0.3, -0.25) is 14.5 Å². The Balaban J connectivity index is 1.61. The highest BCUT2D eigenvalue weighted by Gasteiger charge is 2.19. The van der Waals surface area contributed by atoms with Crippen LogP contribution in [0.25, 0.3) is 0 Å². The Morgan fingerprint density at radius 2 is 1.92 bits per heavy atom. The molecule has 1 aliphatic heterocycles. The van der Waals surface area contributed by atoms with Crippen molar-refractivity contribution in [2.75, 3.05) is 34.8 Å². The van der Waals surface area contributed by atoms with Crippen LogP contribution in [0.5, 0.6) is 0 Å². The quantitative estimate of drug-likeness (QED) is 0.903. The molecule has 1 aromatic heterocycles. The molecule has 2 heterocycles. The second-order valence-corrected chi connectivity index (χ2v) is 6.19. The number of nitrogens with one attached hydrogen (secondary N) is 1. The molecule has 1 saturated heterocycles. The molecule has 7 nitrogen and oxygen atoms in total. The van der Waals surface area contributed by atoms with Gasteiger partial charge in [-0.1, -0.05) is 5.16 Å². The third-order valence-electron chi connectivity index (χ3n) is 4.20. The minimum atomic E-state index is -0.287. The lowest BCUT2D eigenvalue weighted by atomic mass is 10.2. The normalized spacial score (nSPS) is 13.8. The number of nitrogens with zero attached hydrogens (tertiary/aromatic N) is 3. The fourth-order valence-electron chi connectivity index (χ4n) is 2.91. The molecule has 2 amide bonds. The minimum absolute atomic E-state index is 0.116. The summed E-state index contributed by atoms with van der Waals surface area (Å²) in [6.45, 7) is 5.17. The molecule has 1 aliphatic rings. The van der Waals surface area contributed by atoms with Crippen LogP contribution in [0, 0.1) is 6.92 Å². The van der Waals surface area contributed by atoms with Crippen LogP contribution in [0.15, 0.2) is 34.9 Å². The first-order valence-electron chi connectivity index (χ1n) is 8.39. The van der Waals surface area contributed by atoms with E-state index in [1.165, 1.54) is 30.4 Å². The van der Waals surface area contributed by atoms with Crippen LogP contribution in [-0.4, -0.2) is 36.6 Å². The standard InChI is InChI=1S/C18H22N4O3/c1-13-11-17(20-25-13)22(14(2)23)12-18(24)19-15-5-7-16(8-6-15)21-9-3-4-10-21/h5-8,11H,3-4,9-10,12H2,1-2H3,(H,19,24). The fraction of sp³-hybridized carbons (Fsp3) is 0.389. The molecule has 7 heteroatoms. The Labute approximate surface area is 146 Å². The summed E-state index contributed by atoms with van der Waals surface area (Å²) >= 11 is 0. The van der Waals surface area contributed by atoms with E-state index in [2.05, 4.69) is 15.4 Å². The number of carbonyl (C=O) groups excluding carboxylic acids is 2. The van der Waals surface area contributed by atoms with Gasteiger partial charge in [0.2, 0.25) is 11.8 Å². The maximum absolute atomic E-state index is 12.3. The molecule has 0 saturated carbocycles. The number of hydrogen-bond donors (Lipinski definition) is 1. The molecule has 3 rings (SSSR count). The highest BCUT2D eigenvalue weighted by Crippen LogP contribution is 2.22. The molecular weight excluding hydrogens is 320 g/mol. The molecule has 0 unspecified atom stereocenters. The summed E-state index contributed by atoms with van der Waals surface area (Å²) in [7, 11) is 0. The molecule has 0 radical (unpaired) electrons. The maximum atomic E-state index is 12.3. The van der Waals surface area contributed by atoms with Crippen molar-refractivity contribution in [2.24, 2.45) is 0 Å². The van der Waals surface area contributed by atoms with Crippen molar-refractivity contribution in [3.63, 3.8) is 0 Å². The first kappa shape index (κ1) is 17.0. The van der Waals surface area contributed by atoms with Crippen molar-refractivity contribution < 1.29 is 14.1 Å². The second-order valence-electron chi connectivity index (χ2n) is 6.19. The number of anilines is 3. The summed E-state index contributed by atoms with van der Waals surface area (Å²) in [5.74, 6) is 0.362. The summed E-state index contributed by atoms with van der Waals surface area (Å²) in [5.41, 5.74) is 1.87. The summed E-state index contributed by atoms with van der Waals surface area (Å²) < 4.78 is 4.98. The first-order valence-corrected chi connectivity index (χ1v) is 8.39. The number of benzene rings is 1. The van der Waals surface area contributed by atoms with Gasteiger partial charge in [0.15, 0.2) is 5.82 Å². The summed E-state index contributed by atoms with van der Waals surface area (Å²) in [6, 6.07) is 9.39. The van der Waals surface area contributed by atoms with E-state index >= 15 is 0 Å². The van der Waals surface area contributed by atoms with E-state index < -0.39 is 0 Å². The molecule has 0 atom stereocenters. The zero-order valence-electron chi connectivity index (χ0n) is 14.5. The molecular formula is C18H22N4O3. The van der Waals surface area contributed by atoms with Gasteiger partial charge in [-0.05, 0) is 44.0 Å². The second kappa shape index (κ2) is 7.38. The smallest absolute Gasteiger partial charge is 0.244 e. The Bertz CT molecular complexity index is 748. The zero-order chi connectivity index (χ0) is 17.8. The number of rotatable bonds is 5. The van der Waals surface area contributed by atoms with Crippen molar-refractivity contribution in [2.45, 2.75) is 26.7 Å². The van der Waals surface area contributed by atoms with E-state index in [9.17, 15) is 9.59 Å². The van der Waals surface area contributed by atoms with E-state index in [1.54, 1.807) is 13.0 Å². The molecule has 1 N–H and O–H groups in total. The summed E-state index contributed by atoms with van der Waals surface area (Å²) in [6.07, 6.45) is 2.45. The third kappa shape index (κ3) is 4.17. The monoisotopic (exact) mass is 342 g/mol. The molecule has 0 spiro atoms. The van der Waals surface area contributed by atoms with E-state index in [0.29, 0.717) is 17.3 Å². The molecule has 0 aliphatic carbocycles. The third-order valence-corrected chi connectivity index (χ3v) is 4.20. The van der Waals surface area contributed by atoms with E-state index in [-0.39, 0.29) is 18.4 Å². The van der Waals surface area contributed by atoms with Gasteiger partial charge >= 0.3 is 0 Å². The molecule has 0 bridgehead atoms. The largest absolute Gasteiger partial charge is 0.372 e. The van der Waals surface area contributed by atoms with Crippen molar-refractivity contribution in [3.8, 4) is 0 Å². The van der Waals surface area contributed by atoms with Gasteiger partial charge in [0.25, 0.3) is 0 Å². The lowest BCUT2D eigenvalue weighted by Crippen LogP contribution is -2.36. The van der Waals surface area contributed by atoms with Crippen LogP contribution >= 0.6 is 0 Å². The zero-order valence-corrected chi connectivity index (χ0v) is 14.5. The van der Waals surface area contributed by atoms with Crippen molar-refractivity contribution in [3.05, 3.63) is 36.1 Å². The van der Waals surface area contributed by atoms with Crippen LogP contribution in [0.2, 0.25) is 0 Å². The van der Waals surface area contributed by atoms with Gasteiger partial charge in [0, 0.05) is 37.5 Å². The van der Waals surface area contributed by atoms with Gasteiger partial charge in [-0.2, -0.15) is 0 Å². The topological polar surface area (TPSA) is 78.7 Å². The molecule has 2 aromatic rings. The Kier molecular flexibility index (Phi) is 5.02. The number of amides is 2. The highest BCUT2D eigenvalue weighted by atomic mass is 16.5. The van der Waals surface area contributed by atoms with Gasteiger partial charge in [0.05, 0.1) is 0 Å². The minimum Gasteiger partial charge on any atom is -0.372 e. The van der Waals surface area contributed by atoms with Crippen molar-refractivity contribution in [1.82, 2.24) is 5.16 Å². The number of hydrogen-bond acceptors (Lipinski definition) is 5. The van der Waals surface area contributed by atoms with E-state index in [4.69, 9.17) is 4.52 Å². The average molecular weight is 342 g/mol. The summed E-state index contributed by atoms with van der Waals surface area (Å²) in [5, 5.41) is 6.61. The molecule has 25 heavy (non-hydrogen) atoms. The number of aromatic nitrogens is 1. The van der Waals surface area contributed by atoms with Gasteiger partial charge in [-0.15, -0.1) is 0 Å². The lowest BCUT2D eigenvalue weighted by molar-refractivity contribution is -0.120. The average Bonchev–Trinajstić information content (AvgIpc) is 3.25. The maximum Gasteiger partial charge on any atom is 0.244 e. The number of aryl methyl sites for hydroxylation is 1. The Hall–Kier alpha value is -2.83.